The Morgan fingerprint density at radius 3 is 2.46 bits per heavy atom. The normalized spacial score (nSPS) is 21.6. The lowest BCUT2D eigenvalue weighted by Crippen LogP contribution is -2.68. The number of fused-ring (bicyclic) bond motifs is 1. The van der Waals surface area contributed by atoms with Crippen LogP contribution in [0.2, 0.25) is 0 Å². The van der Waals surface area contributed by atoms with Gasteiger partial charge in [0.2, 0.25) is 5.91 Å². The lowest BCUT2D eigenvalue weighted by atomic mass is 9.74. The molecule has 1 saturated heterocycles. The Bertz CT molecular complexity index is 986. The van der Waals surface area contributed by atoms with E-state index in [1.807, 2.05) is 49.2 Å². The van der Waals surface area contributed by atoms with Crippen molar-refractivity contribution >= 4 is 29.2 Å². The lowest BCUT2D eigenvalue weighted by Gasteiger charge is -2.45. The number of methoxy groups -OCH3 is 1. The summed E-state index contributed by atoms with van der Waals surface area (Å²) in [5.74, 6) is -0.420. The predicted octanol–water partition coefficient (Wildman–Crippen LogP) is 2.27. The maximum absolute atomic E-state index is 13.5. The standard InChI is InChI=1S/C21H21N3O4/c1-13-4-6-15(7-5-13)24-19(26)21(18(25)22-20(24)27)11-14-10-16(28-3)8-9-17(14)23(2)12-21/h4-10H,11-12H2,1-3H3,(H,22,25,27)/t21-/m1/s1. The van der Waals surface area contributed by atoms with Gasteiger partial charge in [-0.15, -0.1) is 0 Å². The Balaban J connectivity index is 1.79. The van der Waals surface area contributed by atoms with Crippen molar-refractivity contribution in [3.8, 4) is 5.75 Å². The van der Waals surface area contributed by atoms with Crippen LogP contribution >= 0.6 is 0 Å². The Kier molecular flexibility index (Phi) is 4.10. The topological polar surface area (TPSA) is 79.0 Å². The number of imide groups is 2. The number of carbonyl (C=O) groups is 3. The summed E-state index contributed by atoms with van der Waals surface area (Å²) in [6.07, 6.45) is 0.199. The fraction of sp³-hybridized carbons (Fsp3) is 0.286. The summed E-state index contributed by atoms with van der Waals surface area (Å²) < 4.78 is 5.30. The van der Waals surface area contributed by atoms with E-state index in [4.69, 9.17) is 4.74 Å². The minimum atomic E-state index is -1.38. The number of nitrogens with one attached hydrogen (secondary N) is 1. The summed E-state index contributed by atoms with van der Waals surface area (Å²) in [7, 11) is 3.40. The van der Waals surface area contributed by atoms with E-state index in [0.29, 0.717) is 11.4 Å². The van der Waals surface area contributed by atoms with Gasteiger partial charge in [0.25, 0.3) is 5.91 Å². The van der Waals surface area contributed by atoms with E-state index in [2.05, 4.69) is 5.32 Å². The molecule has 2 aliphatic rings. The van der Waals surface area contributed by atoms with E-state index in [1.165, 1.54) is 0 Å². The molecule has 0 saturated carbocycles. The van der Waals surface area contributed by atoms with Gasteiger partial charge in [0.1, 0.15) is 5.75 Å². The minimum absolute atomic E-state index is 0.187. The number of amides is 4. The predicted molar refractivity (Wildman–Crippen MR) is 105 cm³/mol. The first-order chi connectivity index (χ1) is 13.4. The highest BCUT2D eigenvalue weighted by Crippen LogP contribution is 2.41. The molecule has 0 aliphatic carbocycles. The highest BCUT2D eigenvalue weighted by Gasteiger charge is 2.56. The van der Waals surface area contributed by atoms with Crippen molar-refractivity contribution in [2.75, 3.05) is 30.5 Å². The van der Waals surface area contributed by atoms with Gasteiger partial charge in [0.05, 0.1) is 12.8 Å². The molecule has 28 heavy (non-hydrogen) atoms. The van der Waals surface area contributed by atoms with Gasteiger partial charge in [0, 0.05) is 19.3 Å². The Labute approximate surface area is 162 Å². The quantitative estimate of drug-likeness (QED) is 0.810. The monoisotopic (exact) mass is 379 g/mol. The Hall–Kier alpha value is -3.35. The van der Waals surface area contributed by atoms with Crippen LogP contribution in [0.5, 0.6) is 5.75 Å². The highest BCUT2D eigenvalue weighted by molar-refractivity contribution is 6.30. The van der Waals surface area contributed by atoms with Gasteiger partial charge in [0.15, 0.2) is 5.41 Å². The van der Waals surface area contributed by atoms with E-state index >= 15 is 0 Å². The Morgan fingerprint density at radius 2 is 1.79 bits per heavy atom. The van der Waals surface area contributed by atoms with Crippen molar-refractivity contribution in [1.29, 1.82) is 0 Å². The number of benzene rings is 2. The van der Waals surface area contributed by atoms with Gasteiger partial charge in [-0.25, -0.2) is 9.69 Å². The molecule has 2 aliphatic heterocycles. The van der Waals surface area contributed by atoms with Crippen molar-refractivity contribution < 1.29 is 19.1 Å². The molecule has 7 nitrogen and oxygen atoms in total. The molecule has 1 fully saturated rings. The van der Waals surface area contributed by atoms with Crippen LogP contribution in [-0.2, 0) is 16.0 Å². The first-order valence-electron chi connectivity index (χ1n) is 9.00. The van der Waals surface area contributed by atoms with E-state index < -0.39 is 23.3 Å². The molecule has 2 aromatic rings. The summed E-state index contributed by atoms with van der Waals surface area (Å²) in [5, 5.41) is 2.38. The number of anilines is 2. The van der Waals surface area contributed by atoms with Crippen LogP contribution in [0, 0.1) is 12.3 Å². The lowest BCUT2D eigenvalue weighted by molar-refractivity contribution is -0.142. The molecule has 4 rings (SSSR count). The zero-order valence-corrected chi connectivity index (χ0v) is 16.0. The van der Waals surface area contributed by atoms with Crippen LogP contribution in [0.15, 0.2) is 42.5 Å². The Morgan fingerprint density at radius 1 is 1.07 bits per heavy atom. The SMILES string of the molecule is COc1ccc2c(c1)C[C@@]1(CN2C)C(=O)NC(=O)N(c2ccc(C)cc2)C1=O. The number of hydrogen-bond acceptors (Lipinski definition) is 5. The number of hydrogen-bond donors (Lipinski definition) is 1. The summed E-state index contributed by atoms with van der Waals surface area (Å²) >= 11 is 0. The van der Waals surface area contributed by atoms with Gasteiger partial charge in [-0.05, 0) is 49.2 Å². The maximum Gasteiger partial charge on any atom is 0.335 e. The molecule has 4 amide bonds. The molecule has 2 aromatic carbocycles. The van der Waals surface area contributed by atoms with Crippen LogP contribution in [0.3, 0.4) is 0 Å². The molecule has 0 bridgehead atoms. The van der Waals surface area contributed by atoms with Crippen LogP contribution in [-0.4, -0.2) is 38.5 Å². The van der Waals surface area contributed by atoms with Crippen LogP contribution in [0.25, 0.3) is 0 Å². The second kappa shape index (κ2) is 6.37. The van der Waals surface area contributed by atoms with E-state index in [9.17, 15) is 14.4 Å². The molecule has 1 atom stereocenters. The van der Waals surface area contributed by atoms with Gasteiger partial charge >= 0.3 is 6.03 Å². The summed E-state index contributed by atoms with van der Waals surface area (Å²) in [6, 6.07) is 11.9. The second-order valence-corrected chi connectivity index (χ2v) is 7.34. The first kappa shape index (κ1) is 18.0. The van der Waals surface area contributed by atoms with E-state index in [-0.39, 0.29) is 13.0 Å². The van der Waals surface area contributed by atoms with Crippen molar-refractivity contribution in [2.45, 2.75) is 13.3 Å². The zero-order valence-electron chi connectivity index (χ0n) is 16.0. The van der Waals surface area contributed by atoms with E-state index in [1.54, 1.807) is 19.2 Å². The minimum Gasteiger partial charge on any atom is -0.497 e. The average Bonchev–Trinajstić information content (AvgIpc) is 2.67. The van der Waals surface area contributed by atoms with E-state index in [0.717, 1.165) is 21.7 Å². The largest absolute Gasteiger partial charge is 0.497 e. The van der Waals surface area contributed by atoms with Crippen LogP contribution < -0.4 is 19.9 Å². The van der Waals surface area contributed by atoms with Gasteiger partial charge in [-0.2, -0.15) is 0 Å². The number of carbonyl (C=O) groups excluding carboxylic acids is 3. The number of barbiturate groups is 1. The van der Waals surface area contributed by atoms with Gasteiger partial charge in [-0.1, -0.05) is 17.7 Å². The van der Waals surface area contributed by atoms with Crippen molar-refractivity contribution in [3.63, 3.8) is 0 Å². The molecule has 0 aromatic heterocycles. The molecule has 2 heterocycles. The third kappa shape index (κ3) is 2.62. The van der Waals surface area contributed by atoms with Crippen molar-refractivity contribution in [3.05, 3.63) is 53.6 Å². The summed E-state index contributed by atoms with van der Waals surface area (Å²) in [5.41, 5.74) is 1.84. The molecule has 0 radical (unpaired) electrons. The number of ether oxygens (including phenoxy) is 1. The van der Waals surface area contributed by atoms with Crippen molar-refractivity contribution in [2.24, 2.45) is 5.41 Å². The molecule has 0 unspecified atom stereocenters. The maximum atomic E-state index is 13.5. The molecular formula is C21H21N3O4. The zero-order chi connectivity index (χ0) is 20.1. The highest BCUT2D eigenvalue weighted by atomic mass is 16.5. The summed E-state index contributed by atoms with van der Waals surface area (Å²) in [6.45, 7) is 2.11. The number of nitrogens with zero attached hydrogens (tertiary/aromatic N) is 2. The van der Waals surface area contributed by atoms with Crippen LogP contribution in [0.4, 0.5) is 16.2 Å². The molecular weight excluding hydrogens is 358 g/mol. The van der Waals surface area contributed by atoms with Gasteiger partial charge < -0.3 is 9.64 Å². The fourth-order valence-electron chi connectivity index (χ4n) is 3.97. The molecule has 1 N–H and O–H groups in total. The van der Waals surface area contributed by atoms with Crippen LogP contribution in [0.1, 0.15) is 11.1 Å². The smallest absolute Gasteiger partial charge is 0.335 e. The van der Waals surface area contributed by atoms with Gasteiger partial charge in [-0.3, -0.25) is 14.9 Å². The molecule has 7 heteroatoms. The fourth-order valence-corrected chi connectivity index (χ4v) is 3.97. The number of urea groups is 1. The second-order valence-electron chi connectivity index (χ2n) is 7.34. The van der Waals surface area contributed by atoms with Crippen molar-refractivity contribution in [1.82, 2.24) is 5.32 Å². The molecule has 1 spiro atoms. The molecule has 144 valence electrons. The first-order valence-corrected chi connectivity index (χ1v) is 9.00. The third-order valence-corrected chi connectivity index (χ3v) is 5.46. The number of aryl methyl sites for hydroxylation is 1. The third-order valence-electron chi connectivity index (χ3n) is 5.46. The average molecular weight is 379 g/mol. The number of rotatable bonds is 2. The summed E-state index contributed by atoms with van der Waals surface area (Å²) in [4.78, 5) is 41.8.